The molecule has 1 aromatic carbocycles. The second-order valence-electron chi connectivity index (χ2n) is 4.31. The van der Waals surface area contributed by atoms with Crippen molar-refractivity contribution >= 4 is 12.1 Å². The van der Waals surface area contributed by atoms with Gasteiger partial charge in [0.15, 0.2) is 0 Å². The van der Waals surface area contributed by atoms with E-state index in [-0.39, 0.29) is 6.54 Å². The molecule has 1 atom stereocenters. The van der Waals surface area contributed by atoms with Gasteiger partial charge in [-0.3, -0.25) is 4.79 Å². The molecular weight excluding hydrogens is 250 g/mol. The first-order valence-electron chi connectivity index (χ1n) is 5.94. The molecule has 0 spiro atoms. The molecule has 2 rings (SSSR count). The predicted octanol–water partition coefficient (Wildman–Crippen LogP) is 1.60. The number of hydrogen-bond acceptors (Lipinski definition) is 4. The summed E-state index contributed by atoms with van der Waals surface area (Å²) in [5.41, 5.74) is 0. The molecule has 1 heterocycles. The van der Waals surface area contributed by atoms with Gasteiger partial charge >= 0.3 is 12.1 Å². The van der Waals surface area contributed by atoms with Crippen molar-refractivity contribution in [1.29, 1.82) is 0 Å². The van der Waals surface area contributed by atoms with Crippen molar-refractivity contribution in [3.63, 3.8) is 0 Å². The first-order chi connectivity index (χ1) is 9.10. The lowest BCUT2D eigenvalue weighted by Gasteiger charge is -2.15. The summed E-state index contributed by atoms with van der Waals surface area (Å²) < 4.78 is 10.2. The maximum Gasteiger partial charge on any atom is 0.415 e. The normalized spacial score (nSPS) is 18.2. The van der Waals surface area contributed by atoms with E-state index in [0.717, 1.165) is 0 Å². The molecule has 0 radical (unpaired) electrons. The number of carboxylic acids is 1. The smallest absolute Gasteiger partial charge is 0.415 e. The third kappa shape index (κ3) is 3.15. The van der Waals surface area contributed by atoms with Crippen molar-refractivity contribution in [2.45, 2.75) is 6.42 Å². The van der Waals surface area contributed by atoms with Gasteiger partial charge in [0.1, 0.15) is 11.5 Å². The van der Waals surface area contributed by atoms with E-state index in [1.165, 1.54) is 4.90 Å². The summed E-state index contributed by atoms with van der Waals surface area (Å²) in [6.07, 6.45) is -0.0542. The number of carbonyl (C=O) groups excluding carboxylic acids is 1. The molecule has 1 N–H and O–H groups in total. The van der Waals surface area contributed by atoms with Crippen LogP contribution in [0.15, 0.2) is 24.3 Å². The van der Waals surface area contributed by atoms with Gasteiger partial charge in [-0.2, -0.15) is 0 Å². The fraction of sp³-hybridized carbons (Fsp3) is 0.385. The second kappa shape index (κ2) is 5.60. The summed E-state index contributed by atoms with van der Waals surface area (Å²) in [4.78, 5) is 24.0. The van der Waals surface area contributed by atoms with E-state index >= 15 is 0 Å². The van der Waals surface area contributed by atoms with Crippen molar-refractivity contribution in [2.24, 2.45) is 5.92 Å². The Bertz CT molecular complexity index is 470. The van der Waals surface area contributed by atoms with E-state index in [1.807, 2.05) is 0 Å². The first-order valence-corrected chi connectivity index (χ1v) is 5.94. The Morgan fingerprint density at radius 1 is 1.26 bits per heavy atom. The van der Waals surface area contributed by atoms with Gasteiger partial charge in [-0.1, -0.05) is 0 Å². The van der Waals surface area contributed by atoms with Crippen LogP contribution in [0.1, 0.15) is 6.42 Å². The first kappa shape index (κ1) is 13.2. The van der Waals surface area contributed by atoms with Gasteiger partial charge in [-0.05, 0) is 30.7 Å². The van der Waals surface area contributed by atoms with Gasteiger partial charge in [0.25, 0.3) is 0 Å². The molecule has 0 aliphatic carbocycles. The zero-order chi connectivity index (χ0) is 13.8. The quantitative estimate of drug-likeness (QED) is 0.898. The predicted molar refractivity (Wildman–Crippen MR) is 66.3 cm³/mol. The minimum atomic E-state index is -0.875. The minimum Gasteiger partial charge on any atom is -0.497 e. The number of nitrogens with zero attached hydrogens (tertiary/aromatic N) is 1. The van der Waals surface area contributed by atoms with E-state index in [1.54, 1.807) is 31.4 Å². The molecular formula is C13H15NO5. The standard InChI is InChI=1S/C13H15NO5/c1-18-10-2-4-11(5-3-10)19-13(17)14-7-6-9(8-14)12(15)16/h2-5,9H,6-8H2,1H3,(H,15,16). The molecule has 0 saturated carbocycles. The highest BCUT2D eigenvalue weighted by molar-refractivity contribution is 5.75. The molecule has 1 aromatic rings. The lowest BCUT2D eigenvalue weighted by molar-refractivity contribution is -0.141. The summed E-state index contributed by atoms with van der Waals surface area (Å²) in [5.74, 6) is -0.292. The van der Waals surface area contributed by atoms with E-state index in [4.69, 9.17) is 14.6 Å². The zero-order valence-corrected chi connectivity index (χ0v) is 10.5. The number of ether oxygens (including phenoxy) is 2. The van der Waals surface area contributed by atoms with E-state index in [2.05, 4.69) is 0 Å². The van der Waals surface area contributed by atoms with Crippen LogP contribution < -0.4 is 9.47 Å². The molecule has 1 aliphatic rings. The third-order valence-corrected chi connectivity index (χ3v) is 3.06. The van der Waals surface area contributed by atoms with Crippen molar-refractivity contribution in [3.8, 4) is 11.5 Å². The van der Waals surface area contributed by atoms with Crippen molar-refractivity contribution in [1.82, 2.24) is 4.90 Å². The Hall–Kier alpha value is -2.24. The number of rotatable bonds is 3. The molecule has 1 unspecified atom stereocenters. The number of hydrogen-bond donors (Lipinski definition) is 1. The van der Waals surface area contributed by atoms with Gasteiger partial charge in [-0.15, -0.1) is 0 Å². The lowest BCUT2D eigenvalue weighted by atomic mass is 10.1. The van der Waals surface area contributed by atoms with Crippen LogP contribution in [0.3, 0.4) is 0 Å². The third-order valence-electron chi connectivity index (χ3n) is 3.06. The second-order valence-corrected chi connectivity index (χ2v) is 4.31. The Morgan fingerprint density at radius 3 is 2.42 bits per heavy atom. The average Bonchev–Trinajstić information content (AvgIpc) is 2.89. The van der Waals surface area contributed by atoms with Crippen LogP contribution in [0.5, 0.6) is 11.5 Å². The maximum atomic E-state index is 11.8. The van der Waals surface area contributed by atoms with Gasteiger partial charge in [0, 0.05) is 13.1 Å². The van der Waals surface area contributed by atoms with Crippen LogP contribution in [0.4, 0.5) is 4.79 Å². The highest BCUT2D eigenvalue weighted by Gasteiger charge is 2.31. The number of benzene rings is 1. The van der Waals surface area contributed by atoms with Crippen LogP contribution in [0.25, 0.3) is 0 Å². The monoisotopic (exact) mass is 265 g/mol. The highest BCUT2D eigenvalue weighted by Crippen LogP contribution is 2.20. The van der Waals surface area contributed by atoms with Crippen LogP contribution in [0.2, 0.25) is 0 Å². The molecule has 1 fully saturated rings. The number of amides is 1. The lowest BCUT2D eigenvalue weighted by Crippen LogP contribution is -2.32. The molecule has 6 nitrogen and oxygen atoms in total. The van der Waals surface area contributed by atoms with E-state index < -0.39 is 18.0 Å². The van der Waals surface area contributed by atoms with E-state index in [0.29, 0.717) is 24.5 Å². The van der Waals surface area contributed by atoms with Crippen molar-refractivity contribution in [3.05, 3.63) is 24.3 Å². The fourth-order valence-corrected chi connectivity index (χ4v) is 1.94. The topological polar surface area (TPSA) is 76.1 Å². The molecule has 1 saturated heterocycles. The number of carboxylic acid groups (broad SMARTS) is 1. The average molecular weight is 265 g/mol. The summed E-state index contributed by atoms with van der Waals surface area (Å²) >= 11 is 0. The van der Waals surface area contributed by atoms with Crippen LogP contribution >= 0.6 is 0 Å². The fourth-order valence-electron chi connectivity index (χ4n) is 1.94. The number of aliphatic carboxylic acids is 1. The summed E-state index contributed by atoms with van der Waals surface area (Å²) in [5, 5.41) is 8.87. The molecule has 19 heavy (non-hydrogen) atoms. The number of carbonyl (C=O) groups is 2. The Labute approximate surface area is 110 Å². The van der Waals surface area contributed by atoms with E-state index in [9.17, 15) is 9.59 Å². The molecule has 1 amide bonds. The van der Waals surface area contributed by atoms with Gasteiger partial charge in [-0.25, -0.2) is 4.79 Å². The highest BCUT2D eigenvalue weighted by atomic mass is 16.6. The molecule has 6 heteroatoms. The maximum absolute atomic E-state index is 11.8. The summed E-state index contributed by atoms with van der Waals surface area (Å²) in [6.45, 7) is 0.607. The molecule has 0 bridgehead atoms. The van der Waals surface area contributed by atoms with Crippen LogP contribution in [-0.4, -0.2) is 42.3 Å². The summed E-state index contributed by atoms with van der Waals surface area (Å²) in [6, 6.07) is 6.63. The van der Waals surface area contributed by atoms with Gasteiger partial charge in [0.05, 0.1) is 13.0 Å². The minimum absolute atomic E-state index is 0.199. The zero-order valence-electron chi connectivity index (χ0n) is 10.5. The Balaban J connectivity index is 1.92. The molecule has 102 valence electrons. The molecule has 1 aliphatic heterocycles. The van der Waals surface area contributed by atoms with Crippen molar-refractivity contribution in [2.75, 3.05) is 20.2 Å². The number of methoxy groups -OCH3 is 1. The number of likely N-dealkylation sites (tertiary alicyclic amines) is 1. The largest absolute Gasteiger partial charge is 0.497 e. The van der Waals surface area contributed by atoms with Crippen molar-refractivity contribution < 1.29 is 24.2 Å². The van der Waals surface area contributed by atoms with Gasteiger partial charge in [0.2, 0.25) is 0 Å². The molecule has 0 aromatic heterocycles. The van der Waals surface area contributed by atoms with Crippen LogP contribution in [-0.2, 0) is 4.79 Å². The van der Waals surface area contributed by atoms with Gasteiger partial charge < -0.3 is 19.5 Å². The van der Waals surface area contributed by atoms with Crippen LogP contribution in [0, 0.1) is 5.92 Å². The SMILES string of the molecule is COc1ccc(OC(=O)N2CCC(C(=O)O)C2)cc1. The summed E-state index contributed by atoms with van der Waals surface area (Å²) in [7, 11) is 1.55. The Kier molecular flexibility index (Phi) is 3.89. The Morgan fingerprint density at radius 2 is 1.89 bits per heavy atom.